The lowest BCUT2D eigenvalue weighted by atomic mass is 9.86. The Balaban J connectivity index is 1.71. The van der Waals surface area contributed by atoms with Gasteiger partial charge in [-0.2, -0.15) is 0 Å². The van der Waals surface area contributed by atoms with Gasteiger partial charge in [0.05, 0.1) is 5.60 Å². The molecule has 3 heteroatoms. The first kappa shape index (κ1) is 14.1. The van der Waals surface area contributed by atoms with Crippen LogP contribution in [0.25, 0.3) is 0 Å². The lowest BCUT2D eigenvalue weighted by Crippen LogP contribution is -2.33. The summed E-state index contributed by atoms with van der Waals surface area (Å²) in [5, 5.41) is 10.7. The smallest absolute Gasteiger partial charge is 0.120 e. The zero-order valence-corrected chi connectivity index (χ0v) is 12.0. The van der Waals surface area contributed by atoms with Crippen LogP contribution in [0.15, 0.2) is 54.6 Å². The standard InChI is InChI=1S/C18H20O3/c19-18(9-11-20-12-10-18)16-7-4-8-17(13-16)21-14-15-5-2-1-3-6-15/h1-8,13,19H,9-12,14H2. The molecule has 0 radical (unpaired) electrons. The van der Waals surface area contributed by atoms with Crippen LogP contribution in [0.2, 0.25) is 0 Å². The maximum atomic E-state index is 10.7. The van der Waals surface area contributed by atoms with Gasteiger partial charge in [-0.15, -0.1) is 0 Å². The molecule has 0 saturated carbocycles. The van der Waals surface area contributed by atoms with Gasteiger partial charge in [-0.1, -0.05) is 42.5 Å². The second kappa shape index (κ2) is 6.29. The van der Waals surface area contributed by atoms with Gasteiger partial charge in [0.1, 0.15) is 12.4 Å². The molecule has 0 aromatic heterocycles. The van der Waals surface area contributed by atoms with E-state index in [9.17, 15) is 5.11 Å². The van der Waals surface area contributed by atoms with E-state index in [4.69, 9.17) is 9.47 Å². The molecule has 1 fully saturated rings. The van der Waals surface area contributed by atoms with Gasteiger partial charge in [-0.3, -0.25) is 0 Å². The SMILES string of the molecule is OC1(c2cccc(OCc3ccccc3)c2)CCOCC1. The Bertz CT molecular complexity index is 574. The maximum Gasteiger partial charge on any atom is 0.120 e. The number of rotatable bonds is 4. The number of ether oxygens (including phenoxy) is 2. The number of aliphatic hydroxyl groups is 1. The molecule has 1 aliphatic rings. The Kier molecular flexibility index (Phi) is 4.23. The molecule has 0 atom stereocenters. The van der Waals surface area contributed by atoms with E-state index in [-0.39, 0.29) is 0 Å². The van der Waals surface area contributed by atoms with Crippen molar-refractivity contribution in [3.8, 4) is 5.75 Å². The average molecular weight is 284 g/mol. The van der Waals surface area contributed by atoms with E-state index in [0.717, 1.165) is 16.9 Å². The van der Waals surface area contributed by atoms with Crippen LogP contribution in [0.3, 0.4) is 0 Å². The van der Waals surface area contributed by atoms with Crippen LogP contribution in [0, 0.1) is 0 Å². The summed E-state index contributed by atoms with van der Waals surface area (Å²) in [4.78, 5) is 0. The van der Waals surface area contributed by atoms with E-state index in [1.807, 2.05) is 54.6 Å². The molecule has 2 aromatic rings. The minimum absolute atomic E-state index is 0.534. The zero-order chi connectivity index (χ0) is 14.5. The fourth-order valence-corrected chi connectivity index (χ4v) is 2.61. The Hall–Kier alpha value is -1.84. The van der Waals surface area contributed by atoms with Crippen LogP contribution in [0.5, 0.6) is 5.75 Å². The molecule has 1 aliphatic heterocycles. The first-order valence-electron chi connectivity index (χ1n) is 7.34. The van der Waals surface area contributed by atoms with Crippen LogP contribution < -0.4 is 4.74 Å². The fraction of sp³-hybridized carbons (Fsp3) is 0.333. The molecule has 1 N–H and O–H groups in total. The highest BCUT2D eigenvalue weighted by molar-refractivity contribution is 5.33. The molecule has 1 heterocycles. The van der Waals surface area contributed by atoms with E-state index in [1.54, 1.807) is 0 Å². The Morgan fingerprint density at radius 1 is 1.00 bits per heavy atom. The minimum Gasteiger partial charge on any atom is -0.489 e. The second-order valence-corrected chi connectivity index (χ2v) is 5.45. The van der Waals surface area contributed by atoms with Gasteiger partial charge in [-0.25, -0.2) is 0 Å². The van der Waals surface area contributed by atoms with Crippen LogP contribution in [-0.4, -0.2) is 18.3 Å². The van der Waals surface area contributed by atoms with Crippen molar-refractivity contribution < 1.29 is 14.6 Å². The van der Waals surface area contributed by atoms with Crippen molar-refractivity contribution in [3.63, 3.8) is 0 Å². The number of benzene rings is 2. The summed E-state index contributed by atoms with van der Waals surface area (Å²) in [7, 11) is 0. The summed E-state index contributed by atoms with van der Waals surface area (Å²) >= 11 is 0. The first-order valence-corrected chi connectivity index (χ1v) is 7.34. The molecule has 2 aromatic carbocycles. The quantitative estimate of drug-likeness (QED) is 0.936. The van der Waals surface area contributed by atoms with Gasteiger partial charge >= 0.3 is 0 Å². The molecule has 21 heavy (non-hydrogen) atoms. The summed E-state index contributed by atoms with van der Waals surface area (Å²) in [6.07, 6.45) is 1.27. The molecule has 3 rings (SSSR count). The van der Waals surface area contributed by atoms with Crippen molar-refractivity contribution in [2.45, 2.75) is 25.0 Å². The van der Waals surface area contributed by atoms with E-state index in [0.29, 0.717) is 32.7 Å². The summed E-state index contributed by atoms with van der Waals surface area (Å²) in [5.74, 6) is 0.788. The highest BCUT2D eigenvalue weighted by Crippen LogP contribution is 2.33. The van der Waals surface area contributed by atoms with Gasteiger partial charge in [0.25, 0.3) is 0 Å². The van der Waals surface area contributed by atoms with Crippen molar-refractivity contribution in [1.29, 1.82) is 0 Å². The maximum absolute atomic E-state index is 10.7. The number of hydrogen-bond acceptors (Lipinski definition) is 3. The van der Waals surface area contributed by atoms with Crippen LogP contribution >= 0.6 is 0 Å². The third kappa shape index (κ3) is 3.43. The normalized spacial score (nSPS) is 17.4. The molecule has 0 spiro atoms. The Labute approximate surface area is 125 Å². The van der Waals surface area contributed by atoms with Gasteiger partial charge in [0.15, 0.2) is 0 Å². The van der Waals surface area contributed by atoms with Gasteiger partial charge in [0, 0.05) is 26.1 Å². The summed E-state index contributed by atoms with van der Waals surface area (Å²) in [6, 6.07) is 17.8. The lowest BCUT2D eigenvalue weighted by molar-refractivity contribution is -0.0680. The van der Waals surface area contributed by atoms with E-state index < -0.39 is 5.60 Å². The zero-order valence-electron chi connectivity index (χ0n) is 12.0. The highest BCUT2D eigenvalue weighted by Gasteiger charge is 2.31. The minimum atomic E-state index is -0.787. The van der Waals surface area contributed by atoms with Gasteiger partial charge in [0.2, 0.25) is 0 Å². The molecule has 0 aliphatic carbocycles. The van der Waals surface area contributed by atoms with Crippen molar-refractivity contribution in [1.82, 2.24) is 0 Å². The van der Waals surface area contributed by atoms with Crippen molar-refractivity contribution in [3.05, 3.63) is 65.7 Å². The van der Waals surface area contributed by atoms with E-state index >= 15 is 0 Å². The van der Waals surface area contributed by atoms with E-state index in [2.05, 4.69) is 0 Å². The largest absolute Gasteiger partial charge is 0.489 e. The van der Waals surface area contributed by atoms with Crippen molar-refractivity contribution >= 4 is 0 Å². The third-order valence-corrected chi connectivity index (χ3v) is 3.94. The molecular formula is C18H20O3. The van der Waals surface area contributed by atoms with E-state index in [1.165, 1.54) is 0 Å². The van der Waals surface area contributed by atoms with Crippen molar-refractivity contribution in [2.75, 3.05) is 13.2 Å². The predicted octanol–water partition coefficient (Wildman–Crippen LogP) is 3.26. The van der Waals surface area contributed by atoms with Crippen LogP contribution in [0.4, 0.5) is 0 Å². The van der Waals surface area contributed by atoms with Gasteiger partial charge in [-0.05, 0) is 23.3 Å². The van der Waals surface area contributed by atoms with Crippen LogP contribution in [0.1, 0.15) is 24.0 Å². The van der Waals surface area contributed by atoms with Crippen molar-refractivity contribution in [2.24, 2.45) is 0 Å². The number of hydrogen-bond donors (Lipinski definition) is 1. The molecule has 0 bridgehead atoms. The average Bonchev–Trinajstić information content (AvgIpc) is 2.55. The lowest BCUT2D eigenvalue weighted by Gasteiger charge is -2.32. The molecule has 110 valence electrons. The molecule has 0 unspecified atom stereocenters. The predicted molar refractivity (Wildman–Crippen MR) is 81.2 cm³/mol. The second-order valence-electron chi connectivity index (χ2n) is 5.45. The van der Waals surface area contributed by atoms with Gasteiger partial charge < -0.3 is 14.6 Å². The molecule has 1 saturated heterocycles. The molecule has 0 amide bonds. The van der Waals surface area contributed by atoms with Crippen LogP contribution in [-0.2, 0) is 16.9 Å². The highest BCUT2D eigenvalue weighted by atomic mass is 16.5. The summed E-state index contributed by atoms with van der Waals surface area (Å²) in [5.41, 5.74) is 1.26. The third-order valence-electron chi connectivity index (χ3n) is 3.94. The Morgan fingerprint density at radius 2 is 1.76 bits per heavy atom. The summed E-state index contributed by atoms with van der Waals surface area (Å²) in [6.45, 7) is 1.74. The topological polar surface area (TPSA) is 38.7 Å². The Morgan fingerprint density at radius 3 is 2.52 bits per heavy atom. The monoisotopic (exact) mass is 284 g/mol. The molecular weight excluding hydrogens is 264 g/mol. The summed E-state index contributed by atoms with van der Waals surface area (Å²) < 4.78 is 11.2. The molecule has 3 nitrogen and oxygen atoms in total. The first-order chi connectivity index (χ1) is 10.3. The fourth-order valence-electron chi connectivity index (χ4n) is 2.61.